The molecule has 1 saturated heterocycles. The predicted octanol–water partition coefficient (Wildman–Crippen LogP) is 4.77. The van der Waals surface area contributed by atoms with E-state index in [1.165, 1.54) is 0 Å². The van der Waals surface area contributed by atoms with Gasteiger partial charge < -0.3 is 25.0 Å². The number of hydrogen-bond donors (Lipinski definition) is 2. The summed E-state index contributed by atoms with van der Waals surface area (Å²) in [5.41, 5.74) is 5.11. The topological polar surface area (TPSA) is 65.0 Å². The maximum Gasteiger partial charge on any atom is 0.322 e. The molecule has 3 aromatic carbocycles. The zero-order valence-corrected chi connectivity index (χ0v) is 18.9. The molecule has 2 amide bonds. The molecule has 3 atom stereocenters. The Morgan fingerprint density at radius 2 is 1.82 bits per heavy atom. The Hall–Kier alpha value is -3.51. The van der Waals surface area contributed by atoms with Gasteiger partial charge in [-0.1, -0.05) is 48.5 Å². The van der Waals surface area contributed by atoms with Gasteiger partial charge in [0, 0.05) is 25.2 Å². The van der Waals surface area contributed by atoms with E-state index >= 15 is 0 Å². The molecule has 5 rings (SSSR count). The van der Waals surface area contributed by atoms with Crippen LogP contribution in [0.3, 0.4) is 0 Å². The zero-order valence-electron chi connectivity index (χ0n) is 18.9. The van der Waals surface area contributed by atoms with Gasteiger partial charge in [0.1, 0.15) is 5.75 Å². The molecule has 0 saturated carbocycles. The van der Waals surface area contributed by atoms with Gasteiger partial charge in [-0.3, -0.25) is 0 Å². The number of amides is 2. The number of benzene rings is 3. The fraction of sp³-hybridized carbons (Fsp3) is 0.296. The Kier molecular flexibility index (Phi) is 5.68. The van der Waals surface area contributed by atoms with Crippen LogP contribution in [-0.4, -0.2) is 49.4 Å². The van der Waals surface area contributed by atoms with Crippen LogP contribution in [-0.2, 0) is 0 Å². The molecular weight excluding hydrogens is 414 g/mol. The summed E-state index contributed by atoms with van der Waals surface area (Å²) >= 11 is 0. The molecule has 0 radical (unpaired) electrons. The number of nitrogens with one attached hydrogen (secondary N) is 1. The Labute approximate surface area is 194 Å². The second kappa shape index (κ2) is 8.79. The van der Waals surface area contributed by atoms with Crippen molar-refractivity contribution in [3.05, 3.63) is 78.4 Å². The standard InChI is InChI=1S/C27H29N3O3/c1-29-23-13-12-19(18-8-4-3-5-9-18)16-21(23)26-20(24(29)17-31)14-15-30(26)27(32)28-22-10-6-7-11-25(22)33-2/h3-13,16,20,24,26,31H,14-15,17H2,1-2H3,(H,28,32)/t20-,24-,26-/m0/s1. The number of anilines is 2. The van der Waals surface area contributed by atoms with E-state index in [1.54, 1.807) is 7.11 Å². The second-order valence-electron chi connectivity index (χ2n) is 8.72. The summed E-state index contributed by atoms with van der Waals surface area (Å²) in [6, 6.07) is 23.9. The molecule has 170 valence electrons. The molecule has 6 heteroatoms. The lowest BCUT2D eigenvalue weighted by Gasteiger charge is -2.44. The van der Waals surface area contributed by atoms with Gasteiger partial charge in [-0.05, 0) is 47.4 Å². The molecule has 2 aliphatic rings. The number of hydrogen-bond acceptors (Lipinski definition) is 4. The molecule has 3 aromatic rings. The van der Waals surface area contributed by atoms with Crippen LogP contribution in [0.5, 0.6) is 5.75 Å². The Morgan fingerprint density at radius 3 is 2.58 bits per heavy atom. The molecule has 33 heavy (non-hydrogen) atoms. The first-order valence-electron chi connectivity index (χ1n) is 11.4. The van der Waals surface area contributed by atoms with Gasteiger partial charge in [-0.15, -0.1) is 0 Å². The molecule has 1 fully saturated rings. The molecule has 0 spiro atoms. The van der Waals surface area contributed by atoms with E-state index in [4.69, 9.17) is 4.74 Å². The first kappa shape index (κ1) is 21.3. The zero-order chi connectivity index (χ0) is 22.9. The van der Waals surface area contributed by atoms with Gasteiger partial charge in [-0.25, -0.2) is 4.79 Å². The Morgan fingerprint density at radius 1 is 1.06 bits per heavy atom. The molecule has 2 heterocycles. The molecule has 6 nitrogen and oxygen atoms in total. The lowest BCUT2D eigenvalue weighted by Crippen LogP contribution is -2.48. The highest BCUT2D eigenvalue weighted by atomic mass is 16.5. The number of ether oxygens (including phenoxy) is 1. The minimum absolute atomic E-state index is 0.0332. The number of nitrogens with zero attached hydrogens (tertiary/aromatic N) is 2. The molecule has 0 unspecified atom stereocenters. The molecule has 2 aliphatic heterocycles. The van der Waals surface area contributed by atoms with Crippen molar-refractivity contribution in [2.75, 3.05) is 37.5 Å². The number of rotatable bonds is 4. The SMILES string of the molecule is COc1ccccc1NC(=O)N1CC[C@@H]2[C@H]1c1cc(-c3ccccc3)ccc1N(C)[C@H]2CO. The van der Waals surface area contributed by atoms with E-state index < -0.39 is 0 Å². The number of fused-ring (bicyclic) bond motifs is 3. The average molecular weight is 444 g/mol. The summed E-state index contributed by atoms with van der Waals surface area (Å²) in [7, 11) is 3.64. The van der Waals surface area contributed by atoms with Crippen molar-refractivity contribution in [3.8, 4) is 16.9 Å². The maximum atomic E-state index is 13.5. The quantitative estimate of drug-likeness (QED) is 0.610. The number of carbonyl (C=O) groups excluding carboxylic acids is 1. The molecular formula is C27H29N3O3. The molecule has 2 N–H and O–H groups in total. The fourth-order valence-electron chi connectivity index (χ4n) is 5.43. The number of urea groups is 1. The number of likely N-dealkylation sites (tertiary alicyclic amines) is 1. The lowest BCUT2D eigenvalue weighted by molar-refractivity contribution is 0.168. The molecule has 0 aliphatic carbocycles. The van der Waals surface area contributed by atoms with Crippen molar-refractivity contribution in [1.82, 2.24) is 4.90 Å². The first-order valence-corrected chi connectivity index (χ1v) is 11.4. The normalized spacial score (nSPS) is 21.4. The van der Waals surface area contributed by atoms with Crippen LogP contribution >= 0.6 is 0 Å². The third kappa shape index (κ3) is 3.70. The summed E-state index contributed by atoms with van der Waals surface area (Å²) in [6.45, 7) is 0.690. The van der Waals surface area contributed by atoms with Crippen LogP contribution in [0.1, 0.15) is 18.0 Å². The van der Waals surface area contributed by atoms with E-state index in [0.29, 0.717) is 18.0 Å². The Bertz CT molecular complexity index is 1150. The molecule has 0 bridgehead atoms. The van der Waals surface area contributed by atoms with Gasteiger partial charge in [0.05, 0.1) is 31.5 Å². The van der Waals surface area contributed by atoms with Crippen molar-refractivity contribution < 1.29 is 14.6 Å². The fourth-order valence-corrected chi connectivity index (χ4v) is 5.43. The highest BCUT2D eigenvalue weighted by Crippen LogP contribution is 2.49. The summed E-state index contributed by atoms with van der Waals surface area (Å²) in [5.74, 6) is 0.784. The van der Waals surface area contributed by atoms with Crippen LogP contribution in [0.25, 0.3) is 11.1 Å². The largest absolute Gasteiger partial charge is 0.495 e. The van der Waals surface area contributed by atoms with Crippen LogP contribution in [0.4, 0.5) is 16.2 Å². The Balaban J connectivity index is 1.53. The monoisotopic (exact) mass is 443 g/mol. The number of aliphatic hydroxyl groups excluding tert-OH is 1. The highest BCUT2D eigenvalue weighted by Gasteiger charge is 2.47. The predicted molar refractivity (Wildman–Crippen MR) is 131 cm³/mol. The van der Waals surface area contributed by atoms with Gasteiger partial charge in [0.2, 0.25) is 0 Å². The van der Waals surface area contributed by atoms with E-state index in [1.807, 2.05) is 54.4 Å². The third-order valence-corrected chi connectivity index (χ3v) is 7.07. The lowest BCUT2D eigenvalue weighted by atomic mass is 9.81. The van der Waals surface area contributed by atoms with Crippen molar-refractivity contribution >= 4 is 17.4 Å². The van der Waals surface area contributed by atoms with E-state index in [0.717, 1.165) is 28.8 Å². The summed E-state index contributed by atoms with van der Waals surface area (Å²) in [6.07, 6.45) is 0.842. The summed E-state index contributed by atoms with van der Waals surface area (Å²) in [5, 5.41) is 13.3. The van der Waals surface area contributed by atoms with Gasteiger partial charge in [0.25, 0.3) is 0 Å². The van der Waals surface area contributed by atoms with Crippen LogP contribution < -0.4 is 15.0 Å². The van der Waals surface area contributed by atoms with Crippen molar-refractivity contribution in [2.45, 2.75) is 18.5 Å². The van der Waals surface area contributed by atoms with Gasteiger partial charge >= 0.3 is 6.03 Å². The van der Waals surface area contributed by atoms with Gasteiger partial charge in [-0.2, -0.15) is 0 Å². The first-order chi connectivity index (χ1) is 16.1. The van der Waals surface area contributed by atoms with E-state index in [9.17, 15) is 9.90 Å². The number of aliphatic hydroxyl groups is 1. The van der Waals surface area contributed by atoms with Gasteiger partial charge in [0.15, 0.2) is 0 Å². The van der Waals surface area contributed by atoms with Crippen LogP contribution in [0.2, 0.25) is 0 Å². The van der Waals surface area contributed by atoms with E-state index in [2.05, 4.69) is 40.5 Å². The minimum atomic E-state index is -0.149. The van der Waals surface area contributed by atoms with Crippen molar-refractivity contribution in [1.29, 1.82) is 0 Å². The summed E-state index contributed by atoms with van der Waals surface area (Å²) < 4.78 is 5.41. The van der Waals surface area contributed by atoms with Crippen molar-refractivity contribution in [3.63, 3.8) is 0 Å². The number of methoxy groups -OCH3 is 1. The maximum absolute atomic E-state index is 13.5. The summed E-state index contributed by atoms with van der Waals surface area (Å²) in [4.78, 5) is 17.6. The average Bonchev–Trinajstić information content (AvgIpc) is 3.30. The molecule has 0 aromatic heterocycles. The van der Waals surface area contributed by atoms with Crippen LogP contribution in [0, 0.1) is 5.92 Å². The highest BCUT2D eigenvalue weighted by molar-refractivity contribution is 5.92. The third-order valence-electron chi connectivity index (χ3n) is 7.07. The number of para-hydroxylation sites is 2. The van der Waals surface area contributed by atoms with Crippen molar-refractivity contribution in [2.24, 2.45) is 5.92 Å². The number of carbonyl (C=O) groups is 1. The van der Waals surface area contributed by atoms with Crippen LogP contribution in [0.15, 0.2) is 72.8 Å². The smallest absolute Gasteiger partial charge is 0.322 e. The van der Waals surface area contributed by atoms with E-state index in [-0.39, 0.29) is 30.6 Å². The number of likely N-dealkylation sites (N-methyl/N-ethyl adjacent to an activating group) is 1. The second-order valence-corrected chi connectivity index (χ2v) is 8.72. The minimum Gasteiger partial charge on any atom is -0.495 e.